The van der Waals surface area contributed by atoms with Gasteiger partial charge in [-0.2, -0.15) is 0 Å². The number of aryl methyl sites for hydroxylation is 1. The quantitative estimate of drug-likeness (QED) is 0.271. The van der Waals surface area contributed by atoms with Crippen LogP contribution in [0.4, 0.5) is 0 Å². The van der Waals surface area contributed by atoms with Crippen LogP contribution in [0.25, 0.3) is 5.57 Å². The zero-order valence-electron chi connectivity index (χ0n) is 20.2. The fraction of sp³-hybridized carbons (Fsp3) is 0.233. The molecule has 0 N–H and O–H groups in total. The van der Waals surface area contributed by atoms with Crippen molar-refractivity contribution < 1.29 is 14.3 Å². The summed E-state index contributed by atoms with van der Waals surface area (Å²) in [6.45, 7) is 6.74. The van der Waals surface area contributed by atoms with Crippen LogP contribution in [0, 0.1) is 17.7 Å². The van der Waals surface area contributed by atoms with Gasteiger partial charge in [-0.25, -0.2) is 0 Å². The van der Waals surface area contributed by atoms with Crippen LogP contribution < -0.4 is 9.20 Å². The summed E-state index contributed by atoms with van der Waals surface area (Å²) < 4.78 is 11.4. The molecule has 3 nitrogen and oxygen atoms in total. The molecule has 1 aliphatic rings. The molecule has 0 aromatic heterocycles. The van der Waals surface area contributed by atoms with Gasteiger partial charge in [0.15, 0.2) is 0 Å². The molecule has 0 atom stereocenters. The Kier molecular flexibility index (Phi) is 6.98. The van der Waals surface area contributed by atoms with Crippen molar-refractivity contribution in [1.29, 1.82) is 0 Å². The van der Waals surface area contributed by atoms with Gasteiger partial charge in [-0.15, -0.1) is 0 Å². The first-order valence-corrected chi connectivity index (χ1v) is 12.9. The SMILES string of the molecule is COC(=O)c1ccc(C#C[Se]c2ccc3c(c2)C(C)(C)CC=C3c2ccc(C)cc2)cc1OC. The molecule has 3 aromatic rings. The van der Waals surface area contributed by atoms with E-state index in [-0.39, 0.29) is 20.4 Å². The Morgan fingerprint density at radius 2 is 1.76 bits per heavy atom. The second-order valence-corrected chi connectivity index (χ2v) is 10.9. The summed E-state index contributed by atoms with van der Waals surface area (Å²) in [5, 5.41) is 0. The average Bonchev–Trinajstić information content (AvgIpc) is 2.84. The van der Waals surface area contributed by atoms with Crippen LogP contribution in [0.5, 0.6) is 5.75 Å². The number of methoxy groups -OCH3 is 2. The minimum absolute atomic E-state index is 0.00451. The predicted octanol–water partition coefficient (Wildman–Crippen LogP) is 5.24. The zero-order valence-corrected chi connectivity index (χ0v) is 21.9. The Hall–Kier alpha value is -3.25. The Morgan fingerprint density at radius 3 is 2.47 bits per heavy atom. The zero-order chi connectivity index (χ0) is 24.3. The maximum atomic E-state index is 11.9. The summed E-state index contributed by atoms with van der Waals surface area (Å²) in [7, 11) is 2.90. The summed E-state index contributed by atoms with van der Waals surface area (Å²) >= 11 is 0.00451. The van der Waals surface area contributed by atoms with Gasteiger partial charge >= 0.3 is 209 Å². The van der Waals surface area contributed by atoms with Gasteiger partial charge in [-0.1, -0.05) is 0 Å². The number of hydrogen-bond donors (Lipinski definition) is 0. The molecular formula is C30H28O3Se. The number of rotatable bonds is 4. The first-order chi connectivity index (χ1) is 16.3. The molecule has 0 saturated carbocycles. The van der Waals surface area contributed by atoms with Crippen molar-refractivity contribution in [2.75, 3.05) is 14.2 Å². The van der Waals surface area contributed by atoms with Crippen LogP contribution in [0.1, 0.15) is 58.4 Å². The van der Waals surface area contributed by atoms with E-state index in [9.17, 15) is 4.79 Å². The summed E-state index contributed by atoms with van der Waals surface area (Å²) in [6, 6.07) is 20.9. The van der Waals surface area contributed by atoms with Crippen molar-refractivity contribution in [1.82, 2.24) is 0 Å². The molecular weight excluding hydrogens is 487 g/mol. The second kappa shape index (κ2) is 9.93. The number of allylic oxidation sites excluding steroid dienone is 1. The average molecular weight is 516 g/mol. The van der Waals surface area contributed by atoms with Crippen molar-refractivity contribution >= 4 is 31.0 Å². The first kappa shape index (κ1) is 23.9. The van der Waals surface area contributed by atoms with E-state index in [1.54, 1.807) is 12.1 Å². The molecule has 0 heterocycles. The van der Waals surface area contributed by atoms with Gasteiger partial charge in [-0.3, -0.25) is 0 Å². The van der Waals surface area contributed by atoms with Crippen molar-refractivity contribution in [3.8, 4) is 16.5 Å². The second-order valence-electron chi connectivity index (χ2n) is 9.01. The van der Waals surface area contributed by atoms with Gasteiger partial charge in [-0.05, 0) is 0 Å². The van der Waals surface area contributed by atoms with E-state index in [4.69, 9.17) is 9.47 Å². The maximum absolute atomic E-state index is 11.9. The van der Waals surface area contributed by atoms with Crippen LogP contribution in [0.2, 0.25) is 0 Å². The number of esters is 1. The van der Waals surface area contributed by atoms with Crippen molar-refractivity contribution in [2.24, 2.45) is 0 Å². The number of hydrogen-bond acceptors (Lipinski definition) is 3. The molecule has 0 amide bonds. The molecule has 0 saturated heterocycles. The molecule has 0 unspecified atom stereocenters. The van der Waals surface area contributed by atoms with E-state index >= 15 is 0 Å². The normalized spacial score (nSPS) is 13.7. The number of benzene rings is 3. The molecule has 0 aliphatic heterocycles. The summed E-state index contributed by atoms with van der Waals surface area (Å²) in [4.78, 5) is 15.2. The molecule has 0 bridgehead atoms. The molecule has 3 aromatic carbocycles. The molecule has 34 heavy (non-hydrogen) atoms. The van der Waals surface area contributed by atoms with Gasteiger partial charge in [0.05, 0.1) is 0 Å². The molecule has 1 aliphatic carbocycles. The van der Waals surface area contributed by atoms with Crippen LogP contribution in [0.15, 0.2) is 66.7 Å². The van der Waals surface area contributed by atoms with E-state index in [1.807, 2.05) is 6.07 Å². The van der Waals surface area contributed by atoms with Gasteiger partial charge in [0, 0.05) is 0 Å². The van der Waals surface area contributed by atoms with E-state index in [0.717, 1.165) is 12.0 Å². The third-order valence-corrected chi connectivity index (χ3v) is 7.62. The standard InChI is InChI=1S/C30H28O3Se/c1-20-6-9-22(10-7-20)24-14-16-30(2,3)27-19-23(11-13-25(24)27)34-17-15-21-8-12-26(29(31)33-5)28(18-21)32-4/h6-14,18-19H,16H2,1-5H3. The van der Waals surface area contributed by atoms with Crippen LogP contribution >= 0.6 is 0 Å². The van der Waals surface area contributed by atoms with Crippen molar-refractivity contribution in [3.63, 3.8) is 0 Å². The summed E-state index contributed by atoms with van der Waals surface area (Å²) in [5.74, 6) is 3.28. The van der Waals surface area contributed by atoms with Crippen molar-refractivity contribution in [2.45, 2.75) is 32.6 Å². The third-order valence-electron chi connectivity index (χ3n) is 6.16. The topological polar surface area (TPSA) is 35.5 Å². The first-order valence-electron chi connectivity index (χ1n) is 11.2. The predicted molar refractivity (Wildman–Crippen MR) is 139 cm³/mol. The Bertz CT molecular complexity index is 1320. The van der Waals surface area contributed by atoms with Crippen LogP contribution in [-0.2, 0) is 10.2 Å². The fourth-order valence-corrected chi connectivity index (χ4v) is 5.41. The van der Waals surface area contributed by atoms with E-state index < -0.39 is 5.97 Å². The van der Waals surface area contributed by atoms with Gasteiger partial charge < -0.3 is 0 Å². The molecule has 0 fully saturated rings. The van der Waals surface area contributed by atoms with E-state index in [1.165, 1.54) is 46.5 Å². The number of carbonyl (C=O) groups is 1. The van der Waals surface area contributed by atoms with E-state index in [0.29, 0.717) is 11.3 Å². The van der Waals surface area contributed by atoms with Gasteiger partial charge in [0.1, 0.15) is 0 Å². The molecule has 4 heteroatoms. The monoisotopic (exact) mass is 516 g/mol. The number of carbonyl (C=O) groups excluding carboxylic acids is 1. The van der Waals surface area contributed by atoms with Gasteiger partial charge in [0.25, 0.3) is 0 Å². The van der Waals surface area contributed by atoms with Crippen LogP contribution in [0.3, 0.4) is 0 Å². The van der Waals surface area contributed by atoms with Crippen LogP contribution in [-0.4, -0.2) is 35.1 Å². The Labute approximate surface area is 208 Å². The minimum atomic E-state index is -0.420. The molecule has 0 spiro atoms. The van der Waals surface area contributed by atoms with Crippen molar-refractivity contribution in [3.05, 3.63) is 100 Å². The number of ether oxygens (including phenoxy) is 2. The summed E-state index contributed by atoms with van der Waals surface area (Å²) in [5.41, 5.74) is 7.85. The fourth-order valence-electron chi connectivity index (χ4n) is 4.16. The Balaban J connectivity index is 1.59. The number of fused-ring (bicyclic) bond motifs is 1. The van der Waals surface area contributed by atoms with Gasteiger partial charge in [0.2, 0.25) is 0 Å². The molecule has 4 rings (SSSR count). The molecule has 0 radical (unpaired) electrons. The Morgan fingerprint density at radius 1 is 1.00 bits per heavy atom. The van der Waals surface area contributed by atoms with E-state index in [2.05, 4.69) is 80.1 Å². The molecule has 172 valence electrons. The summed E-state index contributed by atoms with van der Waals surface area (Å²) in [6.07, 6.45) is 3.39. The third kappa shape index (κ3) is 4.97.